The topological polar surface area (TPSA) is 811 Å². The van der Waals surface area contributed by atoms with Crippen molar-refractivity contribution < 1.29 is 144 Å². The van der Waals surface area contributed by atoms with Crippen molar-refractivity contribution in [1.82, 2.24) is 94.2 Å². The van der Waals surface area contributed by atoms with Gasteiger partial charge in [-0.25, -0.2) is 9.78 Å². The van der Waals surface area contributed by atoms with Crippen LogP contribution in [0.2, 0.25) is 0 Å². The summed E-state index contributed by atoms with van der Waals surface area (Å²) in [5.74, 6) is -32.0. The molecule has 5 heterocycles. The minimum absolute atomic E-state index is 0.0588. The van der Waals surface area contributed by atoms with Crippen LogP contribution in [0.4, 0.5) is 13.2 Å². The molecule has 4 aliphatic heterocycles. The van der Waals surface area contributed by atoms with Gasteiger partial charge in [-0.15, -0.1) is 0 Å². The number of benzene rings is 1. The third kappa shape index (κ3) is 35.5. The number of aromatic nitrogens is 2. The number of carbonyl (C=O) groups is 21. The number of halogens is 3. The van der Waals surface area contributed by atoms with Gasteiger partial charge in [0.1, 0.15) is 96.4 Å². The highest BCUT2D eigenvalue weighted by atomic mass is 33.1. The van der Waals surface area contributed by atoms with E-state index in [0.29, 0.717) is 32.4 Å². The number of nitrogens with one attached hydrogen (secondary N) is 16. The van der Waals surface area contributed by atoms with Crippen molar-refractivity contribution in [3.63, 3.8) is 0 Å². The number of phenols is 1. The highest BCUT2D eigenvalue weighted by Gasteiger charge is 2.46. The lowest BCUT2D eigenvalue weighted by Gasteiger charge is -2.31. The predicted molar refractivity (Wildman–Crippen MR) is 451 cm³/mol. The Morgan fingerprint density at radius 1 is 0.554 bits per heavy atom. The Labute approximate surface area is 752 Å². The molecule has 2 aromatic rings. The Hall–Kier alpha value is -12.5. The molecular weight excluding hydrogens is 1820 g/mol. The van der Waals surface area contributed by atoms with E-state index in [0.717, 1.165) is 20.6 Å². The molecule has 130 heavy (non-hydrogen) atoms. The number of nitrogens with zero attached hydrogens (tertiary/aromatic N) is 3. The predicted octanol–water partition coefficient (Wildman–Crippen LogP) is -8.96. The average molecular weight is 1920 g/mol. The molecule has 6 rings (SSSR count). The fraction of sp³-hybridized carbons (Fsp3) is 0.575. The van der Waals surface area contributed by atoms with Crippen LogP contribution < -0.4 is 97.4 Å². The number of alkyl halides is 3. The number of hydrogen-bond acceptors (Lipinski definition) is 30. The van der Waals surface area contributed by atoms with Gasteiger partial charge in [-0.2, -0.15) is 13.2 Å². The summed E-state index contributed by atoms with van der Waals surface area (Å²) >= 11 is 0. The molecule has 2 bridgehead atoms. The second-order valence-electron chi connectivity index (χ2n) is 29.7. The number of guanidine groups is 1. The lowest BCUT2D eigenvalue weighted by Crippen LogP contribution is -2.62. The number of rotatable bonds is 23. The first-order valence-electron chi connectivity index (χ1n) is 40.0. The maximum Gasteiger partial charge on any atom is 0.490 e. The van der Waals surface area contributed by atoms with Crippen molar-refractivity contribution in [2.24, 2.45) is 28.9 Å². The molecule has 0 spiro atoms. The number of aliphatic hydroxyl groups is 1. The minimum Gasteiger partial charge on any atom is -0.508 e. The molecule has 4 saturated heterocycles. The molecule has 0 radical (unpaired) electrons. The van der Waals surface area contributed by atoms with E-state index in [1.807, 2.05) is 0 Å². The fourth-order valence-corrected chi connectivity index (χ4v) is 17.7. The molecule has 16 atom stereocenters. The number of imidazole rings is 1. The Morgan fingerprint density at radius 2 is 1.02 bits per heavy atom. The maximum atomic E-state index is 15.1. The van der Waals surface area contributed by atoms with E-state index in [4.69, 9.17) is 38.2 Å². The SMILES string of the molecule is CCC(C)C1NC(=O)C(CCC(=O)O)NC(=O)C2CCCN2C(=O)C(Cc2cnc[nH]2)NC(=O)C(CC(=O)O)NC(=O)C(Cc2ccc(O)cc2)NC(=O)C(CC(N)=O)NC(=O)C2CSSCC(NC(=O)CN)C(=O)NC(CSSCC(C(N)=O)NC1=O)C(=O)NC(CO)C(=O)NC(CC(=O)O)C(=O)N1CCCC1C(=O)NC(CCCNC(=N)N)C(=O)N2.O=C(O)C(F)(F)F. The van der Waals surface area contributed by atoms with Crippen molar-refractivity contribution in [3.05, 3.63) is 48.0 Å². The first kappa shape index (κ1) is 108. The van der Waals surface area contributed by atoms with Gasteiger partial charge in [0.25, 0.3) is 0 Å². The van der Waals surface area contributed by atoms with Crippen molar-refractivity contribution >= 4 is 173 Å². The van der Waals surface area contributed by atoms with Gasteiger partial charge in [0.15, 0.2) is 5.96 Å². The summed E-state index contributed by atoms with van der Waals surface area (Å²) < 4.78 is 31.7. The molecule has 4 aliphatic rings. The summed E-state index contributed by atoms with van der Waals surface area (Å²) in [6.07, 6.45) is -9.05. The third-order valence-corrected chi connectivity index (χ3v) is 24.8. The van der Waals surface area contributed by atoms with E-state index in [1.165, 1.54) is 43.7 Å². The molecule has 17 amide bonds. The van der Waals surface area contributed by atoms with Crippen LogP contribution in [0.5, 0.6) is 5.75 Å². The number of phenolic OH excluding ortho intramolecular Hbond substituents is 1. The van der Waals surface area contributed by atoms with Gasteiger partial charge in [0.05, 0.1) is 38.7 Å². The fourth-order valence-electron chi connectivity index (χ4n) is 13.0. The van der Waals surface area contributed by atoms with Crippen molar-refractivity contribution in [1.29, 1.82) is 5.41 Å². The molecule has 1 aromatic heterocycles. The summed E-state index contributed by atoms with van der Waals surface area (Å²) in [5, 5.41) is 99.6. The molecular formula is C73H104F3N23O27S4. The lowest BCUT2D eigenvalue weighted by atomic mass is 9.97. The van der Waals surface area contributed by atoms with Crippen LogP contribution in [-0.4, -0.2) is 333 Å². The van der Waals surface area contributed by atoms with Crippen LogP contribution in [0.1, 0.15) is 102 Å². The van der Waals surface area contributed by atoms with E-state index in [2.05, 4.69) is 84.4 Å². The van der Waals surface area contributed by atoms with Crippen LogP contribution in [0.3, 0.4) is 0 Å². The Kier molecular flexibility index (Phi) is 43.9. The van der Waals surface area contributed by atoms with Crippen LogP contribution in [0.25, 0.3) is 0 Å². The highest BCUT2D eigenvalue weighted by molar-refractivity contribution is 8.77. The number of nitrogens with two attached hydrogens (primary N) is 4. The first-order chi connectivity index (χ1) is 61.2. The zero-order valence-corrected chi connectivity index (χ0v) is 72.9. The van der Waals surface area contributed by atoms with Gasteiger partial charge in [-0.3, -0.25) is 101 Å². The summed E-state index contributed by atoms with van der Waals surface area (Å²) in [6, 6.07) is -22.7. The number of carboxylic acid groups (broad SMARTS) is 4. The van der Waals surface area contributed by atoms with Gasteiger partial charge < -0.3 is 143 Å². The highest BCUT2D eigenvalue weighted by Crippen LogP contribution is 2.28. The number of amides is 17. The summed E-state index contributed by atoms with van der Waals surface area (Å²) in [5.41, 5.74) is 23.1. The van der Waals surface area contributed by atoms with Crippen LogP contribution in [-0.2, 0) is 114 Å². The molecule has 4 fully saturated rings. The number of aliphatic hydroxyl groups excluding tert-OH is 1. The summed E-state index contributed by atoms with van der Waals surface area (Å²) in [4.78, 5) is 301. The number of primary amides is 2. The number of hydrogen-bond donors (Lipinski definition) is 26. The molecule has 57 heteroatoms. The van der Waals surface area contributed by atoms with Gasteiger partial charge in [0.2, 0.25) is 100 Å². The van der Waals surface area contributed by atoms with Gasteiger partial charge in [-0.05, 0) is 68.6 Å². The maximum absolute atomic E-state index is 15.1. The van der Waals surface area contributed by atoms with Gasteiger partial charge in [0, 0.05) is 73.8 Å². The van der Waals surface area contributed by atoms with Crippen LogP contribution in [0.15, 0.2) is 36.8 Å². The monoisotopic (exact) mass is 1920 g/mol. The zero-order chi connectivity index (χ0) is 97.0. The first-order valence-corrected chi connectivity index (χ1v) is 44.9. The number of carboxylic acids is 4. The van der Waals surface area contributed by atoms with E-state index >= 15 is 9.59 Å². The van der Waals surface area contributed by atoms with E-state index in [-0.39, 0.29) is 81.6 Å². The number of H-pyrrole nitrogens is 1. The lowest BCUT2D eigenvalue weighted by molar-refractivity contribution is -0.192. The Balaban J connectivity index is 0.00000409. The number of aromatic hydroxyl groups is 1. The number of fused-ring (bicyclic) bond motifs is 10. The number of aromatic amines is 1. The van der Waals surface area contributed by atoms with E-state index in [9.17, 15) is 125 Å². The van der Waals surface area contributed by atoms with E-state index in [1.54, 1.807) is 6.92 Å². The minimum atomic E-state index is -5.08. The van der Waals surface area contributed by atoms with Crippen LogP contribution in [0, 0.1) is 11.3 Å². The smallest absolute Gasteiger partial charge is 0.490 e. The molecule has 16 unspecified atom stereocenters. The largest absolute Gasteiger partial charge is 0.508 e. The van der Waals surface area contributed by atoms with Crippen molar-refractivity contribution in [3.8, 4) is 5.75 Å². The average Bonchev–Trinajstić information content (AvgIpc) is 1.63. The second kappa shape index (κ2) is 52.8. The zero-order valence-electron chi connectivity index (χ0n) is 69.6. The quantitative estimate of drug-likeness (QED) is 0.0213. The second-order valence-corrected chi connectivity index (χ2v) is 34.8. The standard InChI is InChI=1S/C71H103N23O25S4.C2HF3O2/c1-3-32(2)55-68(117)89-44(56(74)105)27-120-122-30-47-65(114)88-43(26-95)62(111)87-42(23-54(103)104)70(119)94-18-6-8-48(94)66(115)81-36(7-4-16-78-71(75)76)57(106)90-46(29-123-121-28-45(63(112)91-47)80-51(98)24-72)64(113)84-39(21-50(73)97)60(109)83-38(19-33-10-12-35(96)13-11-33)59(108)85-40(22-53(101)102)61(110)86-41(20-34-25-77-31-79-34)69(118)93-17-5-9-49(93)67(116)82-37(58(107)92-55)14-15-52(99)100;3-2(4,5)1(6)7/h10-13,25,31-32,36-49,55,95-96H,3-9,14-24,26-30,72H2,1-2H3,(H2,73,97)(H2,74,105)(H,77,79)(H,80,98)(H,81,115)(H,82,116)(H,83,109)(H,84,113)(H,85,108)(H,86,110)(H,87,111)(H,88,114)(H,89,117)(H,90,106)(H,91,112)(H,92,107)(H,99,100)(H,101,102)(H,103,104)(H4,75,76,78);(H,6,7). The molecule has 30 N–H and O–H groups in total. The molecule has 50 nitrogen and oxygen atoms in total. The van der Waals surface area contributed by atoms with Crippen molar-refractivity contribution in [2.75, 3.05) is 55.8 Å². The Morgan fingerprint density at radius 3 is 1.52 bits per heavy atom. The number of aliphatic carboxylic acids is 4. The van der Waals surface area contributed by atoms with Gasteiger partial charge in [-0.1, -0.05) is 75.6 Å². The normalized spacial score (nSPS) is 25.7. The van der Waals surface area contributed by atoms with Crippen LogP contribution >= 0.6 is 43.2 Å². The number of carbonyl (C=O) groups excluding carboxylic acids is 17. The molecule has 0 aliphatic carbocycles. The molecule has 0 saturated carbocycles. The summed E-state index contributed by atoms with van der Waals surface area (Å²) in [7, 11) is 2.82. The Bertz CT molecular complexity index is 4440. The molecule has 718 valence electrons. The summed E-state index contributed by atoms with van der Waals surface area (Å²) in [6.45, 7) is 0.496. The van der Waals surface area contributed by atoms with Gasteiger partial charge >= 0.3 is 30.1 Å². The third-order valence-electron chi connectivity index (χ3n) is 19.9. The molecule has 1 aromatic carbocycles. The van der Waals surface area contributed by atoms with E-state index < -0.39 is 314 Å². The van der Waals surface area contributed by atoms with Crippen molar-refractivity contribution in [2.45, 2.75) is 201 Å².